The highest BCUT2D eigenvalue weighted by Gasteiger charge is 2.51. The normalized spacial score (nSPS) is 17.8. The van der Waals surface area contributed by atoms with E-state index in [4.69, 9.17) is 14.2 Å². The number of likely N-dealkylation sites (tertiary alicyclic amines) is 1. The van der Waals surface area contributed by atoms with Gasteiger partial charge < -0.3 is 29.7 Å². The van der Waals surface area contributed by atoms with Crippen LogP contribution in [0.15, 0.2) is 60.7 Å². The highest BCUT2D eigenvalue weighted by atomic mass is 16.6. The fraction of sp³-hybridized carbons (Fsp3) is 0.485. The van der Waals surface area contributed by atoms with Crippen LogP contribution in [-0.4, -0.2) is 78.5 Å². The molecule has 0 unspecified atom stereocenters. The average Bonchev–Trinajstić information content (AvgIpc) is 2.96. The van der Waals surface area contributed by atoms with Crippen LogP contribution in [0.1, 0.15) is 52.2 Å². The zero-order valence-corrected chi connectivity index (χ0v) is 26.3. The van der Waals surface area contributed by atoms with E-state index in [0.717, 1.165) is 11.1 Å². The van der Waals surface area contributed by atoms with Crippen LogP contribution in [0.5, 0.6) is 0 Å². The quantitative estimate of drug-likeness (QED) is 0.293. The highest BCUT2D eigenvalue weighted by molar-refractivity contribution is 6.06. The molecule has 0 radical (unpaired) electrons. The van der Waals surface area contributed by atoms with Gasteiger partial charge in [0.15, 0.2) is 5.78 Å². The van der Waals surface area contributed by atoms with Crippen LogP contribution in [-0.2, 0) is 46.4 Å². The second-order valence-electron chi connectivity index (χ2n) is 12.4. The Labute approximate surface area is 258 Å². The van der Waals surface area contributed by atoms with E-state index in [9.17, 15) is 24.0 Å². The molecule has 44 heavy (non-hydrogen) atoms. The fourth-order valence-electron chi connectivity index (χ4n) is 4.92. The van der Waals surface area contributed by atoms with Crippen LogP contribution in [0.25, 0.3) is 0 Å². The number of methoxy groups -OCH3 is 1. The van der Waals surface area contributed by atoms with E-state index in [-0.39, 0.29) is 44.9 Å². The number of piperidine rings is 1. The van der Waals surface area contributed by atoms with Gasteiger partial charge >= 0.3 is 12.1 Å². The summed E-state index contributed by atoms with van der Waals surface area (Å²) in [6, 6.07) is 17.2. The molecule has 0 aliphatic carbocycles. The standard InChI is InChI=1S/C33H43N3O8/c1-31(2,3)44-30(41)35-32(4,5)28(39)34-25(21-43-20-24-15-11-8-12-16-24)27(38)36-18-17-26(37)33(22-36,29(40)42-6)19-23-13-9-7-10-14-23/h7-16,25H,17-22H2,1-6H3,(H,34,39)(H,35,41)/t25-,33-/m1/s1. The molecule has 1 fully saturated rings. The van der Waals surface area contributed by atoms with Gasteiger partial charge in [-0.3, -0.25) is 19.2 Å². The molecular formula is C33H43N3O8. The third-order valence-electron chi connectivity index (χ3n) is 7.22. The van der Waals surface area contributed by atoms with E-state index in [1.807, 2.05) is 36.4 Å². The van der Waals surface area contributed by atoms with Gasteiger partial charge in [0.2, 0.25) is 11.8 Å². The molecule has 0 spiro atoms. The van der Waals surface area contributed by atoms with E-state index in [2.05, 4.69) is 10.6 Å². The van der Waals surface area contributed by atoms with Gasteiger partial charge in [-0.2, -0.15) is 0 Å². The number of alkyl carbamates (subject to hydrolysis) is 1. The van der Waals surface area contributed by atoms with E-state index in [0.29, 0.717) is 0 Å². The largest absolute Gasteiger partial charge is 0.468 e. The van der Waals surface area contributed by atoms with Crippen LogP contribution in [0.3, 0.4) is 0 Å². The number of esters is 1. The minimum absolute atomic E-state index is 0.0514. The number of benzene rings is 2. The number of carbonyl (C=O) groups excluding carboxylic acids is 5. The summed E-state index contributed by atoms with van der Waals surface area (Å²) in [5.74, 6) is -2.23. The lowest BCUT2D eigenvalue weighted by Crippen LogP contribution is -2.63. The maximum Gasteiger partial charge on any atom is 0.408 e. The molecule has 1 saturated heterocycles. The van der Waals surface area contributed by atoms with Crippen molar-refractivity contribution in [3.8, 4) is 0 Å². The van der Waals surface area contributed by atoms with E-state index >= 15 is 0 Å². The van der Waals surface area contributed by atoms with Gasteiger partial charge in [0.25, 0.3) is 0 Å². The lowest BCUT2D eigenvalue weighted by atomic mass is 9.73. The summed E-state index contributed by atoms with van der Waals surface area (Å²) < 4.78 is 16.2. The van der Waals surface area contributed by atoms with Gasteiger partial charge in [0.05, 0.1) is 20.3 Å². The number of hydrogen-bond acceptors (Lipinski definition) is 8. The van der Waals surface area contributed by atoms with Crippen molar-refractivity contribution < 1.29 is 38.2 Å². The summed E-state index contributed by atoms with van der Waals surface area (Å²) in [7, 11) is 1.21. The lowest BCUT2D eigenvalue weighted by molar-refractivity contribution is -0.164. The van der Waals surface area contributed by atoms with Gasteiger partial charge in [-0.25, -0.2) is 4.79 Å². The average molecular weight is 610 g/mol. The number of carbonyl (C=O) groups is 5. The Morgan fingerprint density at radius 2 is 1.52 bits per heavy atom. The number of amides is 3. The summed E-state index contributed by atoms with van der Waals surface area (Å²) in [6.45, 7) is 7.89. The first-order valence-electron chi connectivity index (χ1n) is 14.5. The molecule has 2 aromatic carbocycles. The van der Waals surface area contributed by atoms with Crippen LogP contribution in [0.4, 0.5) is 4.79 Å². The minimum Gasteiger partial charge on any atom is -0.468 e. The van der Waals surface area contributed by atoms with E-state index in [1.165, 1.54) is 25.9 Å². The monoisotopic (exact) mass is 609 g/mol. The molecule has 1 heterocycles. The number of nitrogens with one attached hydrogen (secondary N) is 2. The molecular weight excluding hydrogens is 566 g/mol. The van der Waals surface area contributed by atoms with Crippen molar-refractivity contribution in [1.82, 2.24) is 15.5 Å². The van der Waals surface area contributed by atoms with E-state index < -0.39 is 46.5 Å². The van der Waals surface area contributed by atoms with Gasteiger partial charge in [0, 0.05) is 19.5 Å². The topological polar surface area (TPSA) is 140 Å². The van der Waals surface area contributed by atoms with Crippen molar-refractivity contribution >= 4 is 29.7 Å². The Hall–Kier alpha value is -4.25. The van der Waals surface area contributed by atoms with Crippen LogP contribution in [0.2, 0.25) is 0 Å². The van der Waals surface area contributed by atoms with Crippen LogP contribution < -0.4 is 10.6 Å². The summed E-state index contributed by atoms with van der Waals surface area (Å²) in [5.41, 5.74) is -2.24. The second kappa shape index (κ2) is 14.5. The maximum absolute atomic E-state index is 14.0. The Morgan fingerprint density at radius 1 is 0.932 bits per heavy atom. The maximum atomic E-state index is 14.0. The zero-order valence-electron chi connectivity index (χ0n) is 26.3. The molecule has 11 heteroatoms. The van der Waals surface area contributed by atoms with Crippen molar-refractivity contribution in [2.75, 3.05) is 26.8 Å². The SMILES string of the molecule is COC(=O)[C@]1(Cc2ccccc2)CN(C(=O)[C@@H](COCc2ccccc2)NC(=O)C(C)(C)NC(=O)OC(C)(C)C)CCC1=O. The predicted octanol–water partition coefficient (Wildman–Crippen LogP) is 3.19. The van der Waals surface area contributed by atoms with Crippen molar-refractivity contribution in [2.45, 2.75) is 71.2 Å². The van der Waals surface area contributed by atoms with Gasteiger partial charge in [0.1, 0.15) is 22.6 Å². The molecule has 1 aliphatic rings. The van der Waals surface area contributed by atoms with E-state index in [1.54, 1.807) is 45.0 Å². The summed E-state index contributed by atoms with van der Waals surface area (Å²) in [4.78, 5) is 67.8. The van der Waals surface area contributed by atoms with Gasteiger partial charge in [-0.05, 0) is 52.2 Å². The second-order valence-corrected chi connectivity index (χ2v) is 12.4. The smallest absolute Gasteiger partial charge is 0.408 e. The number of ketones is 1. The Balaban J connectivity index is 1.85. The molecule has 3 amide bonds. The molecule has 11 nitrogen and oxygen atoms in total. The van der Waals surface area contributed by atoms with Gasteiger partial charge in [-0.1, -0.05) is 60.7 Å². The number of rotatable bonds is 11. The van der Waals surface area contributed by atoms with Crippen molar-refractivity contribution in [3.63, 3.8) is 0 Å². The van der Waals surface area contributed by atoms with Gasteiger partial charge in [-0.15, -0.1) is 0 Å². The first-order valence-corrected chi connectivity index (χ1v) is 14.5. The third kappa shape index (κ3) is 9.12. The number of Topliss-reactive ketones (excluding diaryl/α,β-unsaturated/α-hetero) is 1. The Morgan fingerprint density at radius 3 is 2.09 bits per heavy atom. The fourth-order valence-corrected chi connectivity index (χ4v) is 4.92. The molecule has 2 N–H and O–H groups in total. The third-order valence-corrected chi connectivity index (χ3v) is 7.22. The Bertz CT molecular complexity index is 1310. The molecule has 1 aliphatic heterocycles. The van der Waals surface area contributed by atoms with Crippen LogP contribution in [0, 0.1) is 5.41 Å². The van der Waals surface area contributed by atoms with Crippen molar-refractivity contribution in [2.24, 2.45) is 5.41 Å². The summed E-state index contributed by atoms with van der Waals surface area (Å²) in [6.07, 6.45) is -0.804. The lowest BCUT2D eigenvalue weighted by Gasteiger charge is -2.41. The number of hydrogen-bond donors (Lipinski definition) is 2. The first-order chi connectivity index (χ1) is 20.7. The summed E-state index contributed by atoms with van der Waals surface area (Å²) in [5, 5.41) is 5.26. The van der Waals surface area contributed by atoms with Crippen molar-refractivity contribution in [3.05, 3.63) is 71.8 Å². The summed E-state index contributed by atoms with van der Waals surface area (Å²) >= 11 is 0. The molecule has 2 aromatic rings. The number of ether oxygens (including phenoxy) is 3. The predicted molar refractivity (Wildman–Crippen MR) is 162 cm³/mol. The molecule has 0 saturated carbocycles. The molecule has 0 bridgehead atoms. The highest BCUT2D eigenvalue weighted by Crippen LogP contribution is 2.33. The van der Waals surface area contributed by atoms with Crippen LogP contribution >= 0.6 is 0 Å². The molecule has 2 atom stereocenters. The first kappa shape index (κ1) is 34.2. The molecule has 238 valence electrons. The Kier molecular flexibility index (Phi) is 11.3. The minimum atomic E-state index is -1.61. The molecule has 3 rings (SSSR count). The van der Waals surface area contributed by atoms with Crippen molar-refractivity contribution in [1.29, 1.82) is 0 Å². The number of nitrogens with zero attached hydrogens (tertiary/aromatic N) is 1. The molecule has 0 aromatic heterocycles. The zero-order chi connectivity index (χ0) is 32.5.